The number of aromatic nitrogens is 2. The molecule has 2 aliphatic rings. The summed E-state index contributed by atoms with van der Waals surface area (Å²) in [6, 6.07) is 7.09. The van der Waals surface area contributed by atoms with Crippen LogP contribution in [-0.4, -0.2) is 34.7 Å². The zero-order valence-electron chi connectivity index (χ0n) is 19.8. The lowest BCUT2D eigenvalue weighted by atomic mass is 9.86. The van der Waals surface area contributed by atoms with Gasteiger partial charge in [-0.1, -0.05) is 26.6 Å². The summed E-state index contributed by atoms with van der Waals surface area (Å²) in [6.07, 6.45) is 0.0960. The Morgan fingerprint density at radius 2 is 1.97 bits per heavy atom. The molecule has 3 aromatic rings. The van der Waals surface area contributed by atoms with Gasteiger partial charge < -0.3 is 19.1 Å². The molecule has 2 aromatic heterocycles. The number of fused-ring (bicyclic) bond motifs is 5. The number of benzene rings is 1. The molecule has 5 rings (SSSR count). The molecule has 0 aliphatic carbocycles. The van der Waals surface area contributed by atoms with E-state index in [-0.39, 0.29) is 18.6 Å². The second-order valence-electron chi connectivity index (χ2n) is 9.94. The molecule has 0 amide bonds. The van der Waals surface area contributed by atoms with Gasteiger partial charge in [0.2, 0.25) is 0 Å². The second-order valence-corrected chi connectivity index (χ2v) is 14.9. The topological polar surface area (TPSA) is 108 Å². The fourth-order valence-corrected chi connectivity index (χ4v) is 7.26. The highest BCUT2D eigenvalue weighted by Gasteiger charge is 2.45. The molecule has 0 saturated carbocycles. The third-order valence-corrected chi connectivity index (χ3v) is 8.74. The van der Waals surface area contributed by atoms with Crippen molar-refractivity contribution < 1.29 is 24.2 Å². The van der Waals surface area contributed by atoms with Crippen LogP contribution in [0.5, 0.6) is 5.75 Å². The molecule has 0 spiro atoms. The zero-order valence-corrected chi connectivity index (χ0v) is 20.8. The minimum Gasteiger partial charge on any atom is -0.458 e. The molecule has 34 heavy (non-hydrogen) atoms. The third-order valence-electron chi connectivity index (χ3n) is 6.67. The summed E-state index contributed by atoms with van der Waals surface area (Å²) < 4.78 is 12.1. The summed E-state index contributed by atoms with van der Waals surface area (Å²) in [5.41, 5.74) is 1.43. The van der Waals surface area contributed by atoms with E-state index in [4.69, 9.17) is 14.5 Å². The van der Waals surface area contributed by atoms with Crippen LogP contribution in [0.4, 0.5) is 0 Å². The monoisotopic (exact) mass is 478 g/mol. The molecule has 2 aliphatic heterocycles. The van der Waals surface area contributed by atoms with Gasteiger partial charge in [-0.15, -0.1) is 0 Å². The van der Waals surface area contributed by atoms with Crippen molar-refractivity contribution in [1.82, 2.24) is 9.55 Å². The fourth-order valence-electron chi connectivity index (χ4n) is 5.14. The molecule has 1 N–H and O–H groups in total. The largest absolute Gasteiger partial charge is 0.458 e. The maximum atomic E-state index is 13.5. The molecule has 0 saturated heterocycles. The summed E-state index contributed by atoms with van der Waals surface area (Å²) >= 11 is 0. The van der Waals surface area contributed by atoms with Gasteiger partial charge in [-0.2, -0.15) is 0 Å². The minimum atomic E-state index is -1.98. The van der Waals surface area contributed by atoms with Crippen LogP contribution in [0.25, 0.3) is 22.3 Å². The Hall–Kier alpha value is -3.30. The Kier molecular flexibility index (Phi) is 4.86. The van der Waals surface area contributed by atoms with E-state index < -0.39 is 25.6 Å². The van der Waals surface area contributed by atoms with E-state index in [1.807, 2.05) is 12.1 Å². The molecule has 9 heteroatoms. The van der Waals surface area contributed by atoms with Crippen LogP contribution in [0.1, 0.15) is 37.0 Å². The number of rotatable bonds is 3. The van der Waals surface area contributed by atoms with Crippen LogP contribution in [0.2, 0.25) is 19.6 Å². The molecule has 1 aromatic carbocycles. The highest BCUT2D eigenvalue weighted by atomic mass is 28.3. The van der Waals surface area contributed by atoms with Crippen molar-refractivity contribution in [3.63, 3.8) is 0 Å². The number of ether oxygens (including phenoxy) is 2. The molecule has 1 atom stereocenters. The van der Waals surface area contributed by atoms with Gasteiger partial charge in [-0.3, -0.25) is 9.59 Å². The van der Waals surface area contributed by atoms with E-state index in [2.05, 4.69) is 19.6 Å². The highest BCUT2D eigenvalue weighted by Crippen LogP contribution is 2.39. The molecule has 4 heterocycles. The van der Waals surface area contributed by atoms with Crippen LogP contribution in [0, 0.1) is 0 Å². The molecule has 176 valence electrons. The minimum absolute atomic E-state index is 0.0960. The van der Waals surface area contributed by atoms with E-state index in [0.717, 1.165) is 21.7 Å². The van der Waals surface area contributed by atoms with Gasteiger partial charge in [0.05, 0.1) is 37.1 Å². The van der Waals surface area contributed by atoms with Crippen LogP contribution in [-0.2, 0) is 33.1 Å². The number of nitrogens with zero attached hydrogens (tertiary/aromatic N) is 2. The Morgan fingerprint density at radius 3 is 2.62 bits per heavy atom. The number of hydrogen-bond donors (Lipinski definition) is 1. The Balaban J connectivity index is 1.82. The first kappa shape index (κ1) is 22.5. The number of pyridine rings is 2. The highest BCUT2D eigenvalue weighted by molar-refractivity contribution is 6.90. The van der Waals surface area contributed by atoms with E-state index in [9.17, 15) is 19.5 Å². The summed E-state index contributed by atoms with van der Waals surface area (Å²) in [5.74, 6) is -0.682. The first-order valence-corrected chi connectivity index (χ1v) is 14.8. The van der Waals surface area contributed by atoms with Gasteiger partial charge in [-0.25, -0.2) is 9.78 Å². The van der Waals surface area contributed by atoms with Crippen molar-refractivity contribution in [3.8, 4) is 17.1 Å². The van der Waals surface area contributed by atoms with Crippen LogP contribution >= 0.6 is 0 Å². The lowest BCUT2D eigenvalue weighted by Gasteiger charge is -2.31. The number of esters is 2. The molecule has 0 fully saturated rings. The van der Waals surface area contributed by atoms with Crippen LogP contribution < -0.4 is 15.5 Å². The molecule has 0 radical (unpaired) electrons. The van der Waals surface area contributed by atoms with Gasteiger partial charge in [0.1, 0.15) is 12.4 Å². The predicted molar refractivity (Wildman–Crippen MR) is 129 cm³/mol. The predicted octanol–water partition coefficient (Wildman–Crippen LogP) is 2.55. The first-order chi connectivity index (χ1) is 16.0. The number of carbonyl (C=O) groups is 2. The van der Waals surface area contributed by atoms with Crippen molar-refractivity contribution >= 4 is 36.1 Å². The van der Waals surface area contributed by atoms with Gasteiger partial charge in [0, 0.05) is 17.9 Å². The zero-order chi connectivity index (χ0) is 24.6. The molecular weight excluding hydrogens is 452 g/mol. The van der Waals surface area contributed by atoms with Gasteiger partial charge >= 0.3 is 11.9 Å². The average Bonchev–Trinajstić information content (AvgIpc) is 3.12. The maximum absolute atomic E-state index is 13.5. The Morgan fingerprint density at radius 1 is 1.24 bits per heavy atom. The fraction of sp³-hybridized carbons (Fsp3) is 0.360. The van der Waals surface area contributed by atoms with E-state index in [1.54, 1.807) is 23.6 Å². The molecule has 8 nitrogen and oxygen atoms in total. The Bertz CT molecular complexity index is 1470. The lowest BCUT2D eigenvalue weighted by Crippen LogP contribution is -2.44. The molecular formula is C25H26N2O6Si. The van der Waals surface area contributed by atoms with Gasteiger partial charge in [0.25, 0.3) is 5.56 Å². The summed E-state index contributed by atoms with van der Waals surface area (Å²) in [5, 5.41) is 13.1. The van der Waals surface area contributed by atoms with Crippen LogP contribution in [0.15, 0.2) is 29.1 Å². The lowest BCUT2D eigenvalue weighted by molar-refractivity contribution is -0.172. The first-order valence-electron chi connectivity index (χ1n) is 11.3. The summed E-state index contributed by atoms with van der Waals surface area (Å²) in [7, 11) is -1.98. The van der Waals surface area contributed by atoms with E-state index in [0.29, 0.717) is 34.8 Å². The van der Waals surface area contributed by atoms with E-state index >= 15 is 0 Å². The normalized spacial score (nSPS) is 18.8. The molecule has 0 bridgehead atoms. The number of cyclic esters (lactones) is 1. The molecule has 1 unspecified atom stereocenters. The average molecular weight is 479 g/mol. The van der Waals surface area contributed by atoms with Crippen molar-refractivity contribution in [3.05, 3.63) is 51.3 Å². The van der Waals surface area contributed by atoms with E-state index in [1.165, 1.54) is 6.92 Å². The van der Waals surface area contributed by atoms with Gasteiger partial charge in [-0.05, 0) is 41.4 Å². The van der Waals surface area contributed by atoms with Crippen molar-refractivity contribution in [2.45, 2.75) is 58.7 Å². The number of aliphatic hydroxyl groups is 1. The van der Waals surface area contributed by atoms with Crippen molar-refractivity contribution in [2.24, 2.45) is 0 Å². The number of carbonyl (C=O) groups excluding carboxylic acids is 2. The third kappa shape index (κ3) is 3.14. The summed E-state index contributed by atoms with van der Waals surface area (Å²) in [4.78, 5) is 42.3. The number of hydrogen-bond acceptors (Lipinski definition) is 7. The smallest absolute Gasteiger partial charge is 0.343 e. The van der Waals surface area contributed by atoms with Crippen molar-refractivity contribution in [1.29, 1.82) is 0 Å². The van der Waals surface area contributed by atoms with Crippen molar-refractivity contribution in [2.75, 3.05) is 0 Å². The summed E-state index contributed by atoms with van der Waals surface area (Å²) in [6.45, 7) is 9.90. The van der Waals surface area contributed by atoms with Crippen LogP contribution in [0.3, 0.4) is 0 Å². The maximum Gasteiger partial charge on any atom is 0.343 e. The SMILES string of the molecule is CCC1(O)C(=O)OCc2c1cc1n(c2=O)Cc2c-1nc1ccc(OC(C)=O)cc1c2[Si](C)(C)C. The standard InChI is InChI=1S/C25H26N2O6Si/c1-6-25(31)18-10-20-21-16(11-27(20)23(29)17(18)12-32-24(25)30)22(34(3,4)5)15-9-14(33-13(2)28)7-8-19(15)26-21/h7-10,31H,6,11-12H2,1-5H3. The Labute approximate surface area is 197 Å². The quantitative estimate of drug-likeness (QED) is 0.274. The second kappa shape index (κ2) is 7.35. The van der Waals surface area contributed by atoms with Gasteiger partial charge in [0.15, 0.2) is 5.60 Å².